The largest absolute Gasteiger partial charge is 0.461 e. The van der Waals surface area contributed by atoms with Crippen molar-refractivity contribution < 1.29 is 18.7 Å². The molecule has 3 aromatic rings. The number of carbonyl (C=O) groups excluding carboxylic acids is 2. The predicted molar refractivity (Wildman–Crippen MR) is 120 cm³/mol. The zero-order chi connectivity index (χ0) is 22.2. The molecule has 0 radical (unpaired) electrons. The van der Waals surface area contributed by atoms with E-state index in [4.69, 9.17) is 4.74 Å². The highest BCUT2D eigenvalue weighted by atomic mass is 32.1. The van der Waals surface area contributed by atoms with Gasteiger partial charge in [-0.1, -0.05) is 48.5 Å². The standard InChI is InChI=1S/C24H25FN2O3S/c1-3-30-23(29)22-17(2)31-24(26-22)27(16-15-18-9-5-4-6-10-18)21(28)14-13-19-11-7-8-12-20(19)25/h4-12H,3,13-16H2,1-2H3. The zero-order valence-electron chi connectivity index (χ0n) is 17.6. The normalized spacial score (nSPS) is 10.7. The number of aromatic nitrogens is 1. The zero-order valence-corrected chi connectivity index (χ0v) is 18.5. The van der Waals surface area contributed by atoms with Crippen LogP contribution in [0.4, 0.5) is 9.52 Å². The molecule has 0 saturated heterocycles. The highest BCUT2D eigenvalue weighted by Crippen LogP contribution is 2.27. The first-order valence-electron chi connectivity index (χ1n) is 10.2. The molecule has 0 atom stereocenters. The number of ether oxygens (including phenoxy) is 1. The van der Waals surface area contributed by atoms with Crippen molar-refractivity contribution in [2.75, 3.05) is 18.1 Å². The molecule has 0 saturated carbocycles. The molecule has 0 bridgehead atoms. The second-order valence-corrected chi connectivity index (χ2v) is 8.18. The summed E-state index contributed by atoms with van der Waals surface area (Å²) in [6.45, 7) is 4.19. The van der Waals surface area contributed by atoms with Gasteiger partial charge in [-0.05, 0) is 43.9 Å². The van der Waals surface area contributed by atoms with Gasteiger partial charge in [-0.25, -0.2) is 14.2 Å². The number of hydrogen-bond acceptors (Lipinski definition) is 5. The van der Waals surface area contributed by atoms with E-state index < -0.39 is 5.97 Å². The molecule has 0 unspecified atom stereocenters. The molecular formula is C24H25FN2O3S. The van der Waals surface area contributed by atoms with Gasteiger partial charge < -0.3 is 4.74 Å². The number of thiazole rings is 1. The third-order valence-corrected chi connectivity index (χ3v) is 5.81. The molecule has 5 nitrogen and oxygen atoms in total. The summed E-state index contributed by atoms with van der Waals surface area (Å²) in [4.78, 5) is 32.0. The van der Waals surface area contributed by atoms with Gasteiger partial charge in [0.25, 0.3) is 0 Å². The Hall–Kier alpha value is -3.06. The number of hydrogen-bond donors (Lipinski definition) is 0. The lowest BCUT2D eigenvalue weighted by molar-refractivity contribution is -0.118. The van der Waals surface area contributed by atoms with Crippen LogP contribution in [0, 0.1) is 12.7 Å². The molecule has 1 heterocycles. The second kappa shape index (κ2) is 10.8. The van der Waals surface area contributed by atoms with Crippen LogP contribution < -0.4 is 4.90 Å². The highest BCUT2D eigenvalue weighted by molar-refractivity contribution is 7.16. The Morgan fingerprint density at radius 3 is 2.48 bits per heavy atom. The van der Waals surface area contributed by atoms with E-state index in [-0.39, 0.29) is 30.4 Å². The fraction of sp³-hybridized carbons (Fsp3) is 0.292. The van der Waals surface area contributed by atoms with Crippen molar-refractivity contribution in [3.8, 4) is 0 Å². The molecule has 0 N–H and O–H groups in total. The molecule has 0 fully saturated rings. The van der Waals surface area contributed by atoms with Gasteiger partial charge in [0, 0.05) is 17.8 Å². The van der Waals surface area contributed by atoms with Gasteiger partial charge in [-0.2, -0.15) is 0 Å². The minimum absolute atomic E-state index is 0.142. The van der Waals surface area contributed by atoms with E-state index in [2.05, 4.69) is 4.98 Å². The topological polar surface area (TPSA) is 59.5 Å². The van der Waals surface area contributed by atoms with E-state index in [9.17, 15) is 14.0 Å². The Balaban J connectivity index is 1.80. The predicted octanol–water partition coefficient (Wildman–Crippen LogP) is 4.98. The van der Waals surface area contributed by atoms with Crippen LogP contribution in [-0.2, 0) is 22.4 Å². The van der Waals surface area contributed by atoms with Gasteiger partial charge in [0.15, 0.2) is 10.8 Å². The van der Waals surface area contributed by atoms with E-state index in [1.54, 1.807) is 36.9 Å². The van der Waals surface area contributed by atoms with Gasteiger partial charge in [0.05, 0.1) is 6.61 Å². The maximum Gasteiger partial charge on any atom is 0.358 e. The lowest BCUT2D eigenvalue weighted by Crippen LogP contribution is -2.33. The first-order chi connectivity index (χ1) is 15.0. The van der Waals surface area contributed by atoms with Crippen molar-refractivity contribution in [2.24, 2.45) is 0 Å². The molecule has 1 aromatic heterocycles. The molecule has 2 aromatic carbocycles. The molecule has 3 rings (SSSR count). The number of nitrogens with zero attached hydrogens (tertiary/aromatic N) is 2. The minimum Gasteiger partial charge on any atom is -0.461 e. The lowest BCUT2D eigenvalue weighted by Gasteiger charge is -2.20. The van der Waals surface area contributed by atoms with Crippen molar-refractivity contribution >= 4 is 28.3 Å². The average Bonchev–Trinajstić information content (AvgIpc) is 3.15. The number of rotatable bonds is 9. The number of carbonyl (C=O) groups is 2. The smallest absolute Gasteiger partial charge is 0.358 e. The summed E-state index contributed by atoms with van der Waals surface area (Å²) in [6.07, 6.45) is 1.07. The third-order valence-electron chi connectivity index (χ3n) is 4.82. The van der Waals surface area contributed by atoms with Gasteiger partial charge in [-0.15, -0.1) is 11.3 Å². The van der Waals surface area contributed by atoms with Gasteiger partial charge in [-0.3, -0.25) is 9.69 Å². The first kappa shape index (κ1) is 22.6. The monoisotopic (exact) mass is 440 g/mol. The summed E-state index contributed by atoms with van der Waals surface area (Å²) in [5.74, 6) is -0.978. The van der Waals surface area contributed by atoms with Crippen LogP contribution in [0.2, 0.25) is 0 Å². The number of anilines is 1. The lowest BCUT2D eigenvalue weighted by atomic mass is 10.1. The Morgan fingerprint density at radius 1 is 1.06 bits per heavy atom. The van der Waals surface area contributed by atoms with Crippen LogP contribution in [0.1, 0.15) is 39.8 Å². The van der Waals surface area contributed by atoms with Crippen LogP contribution >= 0.6 is 11.3 Å². The van der Waals surface area contributed by atoms with Gasteiger partial charge >= 0.3 is 5.97 Å². The second-order valence-electron chi connectivity index (χ2n) is 6.99. The Labute approximate surface area is 185 Å². The molecule has 162 valence electrons. The number of esters is 1. The number of aryl methyl sites for hydroxylation is 2. The van der Waals surface area contributed by atoms with E-state index >= 15 is 0 Å². The Bertz CT molecular complexity index is 1040. The van der Waals surface area contributed by atoms with Crippen LogP contribution in [0.5, 0.6) is 0 Å². The van der Waals surface area contributed by atoms with Crippen molar-refractivity contribution in [1.29, 1.82) is 0 Å². The maximum atomic E-state index is 14.0. The van der Waals surface area contributed by atoms with Crippen molar-refractivity contribution in [1.82, 2.24) is 4.98 Å². The molecule has 1 amide bonds. The van der Waals surface area contributed by atoms with Gasteiger partial charge in [0.2, 0.25) is 5.91 Å². The SMILES string of the molecule is CCOC(=O)c1nc(N(CCc2ccccc2)C(=O)CCc2ccccc2F)sc1C. The average molecular weight is 441 g/mol. The first-order valence-corrected chi connectivity index (χ1v) is 11.0. The van der Waals surface area contributed by atoms with E-state index in [1.165, 1.54) is 17.4 Å². The summed E-state index contributed by atoms with van der Waals surface area (Å²) in [5, 5.41) is 0.454. The summed E-state index contributed by atoms with van der Waals surface area (Å²) in [6, 6.07) is 16.3. The molecule has 0 spiro atoms. The fourth-order valence-corrected chi connectivity index (χ4v) is 4.12. The molecule has 31 heavy (non-hydrogen) atoms. The molecule has 0 aliphatic carbocycles. The highest BCUT2D eigenvalue weighted by Gasteiger charge is 2.24. The quantitative estimate of drug-likeness (QED) is 0.441. The summed E-state index contributed by atoms with van der Waals surface area (Å²) in [5.41, 5.74) is 1.82. The molecule has 7 heteroatoms. The summed E-state index contributed by atoms with van der Waals surface area (Å²) in [7, 11) is 0. The van der Waals surface area contributed by atoms with Crippen LogP contribution in [-0.4, -0.2) is 30.0 Å². The molecule has 0 aliphatic rings. The van der Waals surface area contributed by atoms with Crippen molar-refractivity contribution in [2.45, 2.75) is 33.1 Å². The van der Waals surface area contributed by atoms with Crippen LogP contribution in [0.3, 0.4) is 0 Å². The van der Waals surface area contributed by atoms with Crippen molar-refractivity contribution in [3.63, 3.8) is 0 Å². The number of halogens is 1. The van der Waals surface area contributed by atoms with Crippen LogP contribution in [0.25, 0.3) is 0 Å². The molecule has 0 aliphatic heterocycles. The van der Waals surface area contributed by atoms with E-state index in [0.717, 1.165) is 5.56 Å². The van der Waals surface area contributed by atoms with Crippen LogP contribution in [0.15, 0.2) is 54.6 Å². The summed E-state index contributed by atoms with van der Waals surface area (Å²) >= 11 is 1.28. The maximum absolute atomic E-state index is 14.0. The molecular weight excluding hydrogens is 415 g/mol. The Morgan fingerprint density at radius 2 is 1.77 bits per heavy atom. The van der Waals surface area contributed by atoms with Crippen molar-refractivity contribution in [3.05, 3.63) is 82.1 Å². The van der Waals surface area contributed by atoms with Gasteiger partial charge in [0.1, 0.15) is 5.82 Å². The number of amides is 1. The van der Waals surface area contributed by atoms with E-state index in [0.29, 0.717) is 35.0 Å². The number of benzene rings is 2. The Kier molecular flexibility index (Phi) is 7.89. The van der Waals surface area contributed by atoms with E-state index in [1.807, 2.05) is 30.3 Å². The summed E-state index contributed by atoms with van der Waals surface area (Å²) < 4.78 is 19.0. The fourth-order valence-electron chi connectivity index (χ4n) is 3.18. The minimum atomic E-state index is -0.496. The third kappa shape index (κ3) is 5.98.